The van der Waals surface area contributed by atoms with E-state index in [2.05, 4.69) is 20.8 Å². The molecule has 1 aromatic heterocycles. The van der Waals surface area contributed by atoms with Crippen LogP contribution >= 0.6 is 11.3 Å². The molecular formula is C20H20N4O4S. The average Bonchev–Trinajstić information content (AvgIpc) is 3.22. The van der Waals surface area contributed by atoms with Crippen molar-refractivity contribution in [3.05, 3.63) is 54.1 Å². The maximum Gasteiger partial charge on any atom is 0.252 e. The first-order valence-electron chi connectivity index (χ1n) is 8.74. The third-order valence-electron chi connectivity index (χ3n) is 4.04. The molecular weight excluding hydrogens is 392 g/mol. The molecule has 0 aliphatic rings. The zero-order valence-electron chi connectivity index (χ0n) is 16.1. The van der Waals surface area contributed by atoms with Crippen molar-refractivity contribution in [3.63, 3.8) is 0 Å². The zero-order chi connectivity index (χ0) is 20.8. The van der Waals surface area contributed by atoms with Gasteiger partial charge < -0.3 is 14.8 Å². The quantitative estimate of drug-likeness (QED) is 0.619. The SMILES string of the molecule is COc1cccc(C(=O)NC(C)C(=O)Nc2nnc(-c3cccc(OC)c3)s2)c1. The largest absolute Gasteiger partial charge is 0.497 e. The molecule has 0 saturated carbocycles. The average molecular weight is 412 g/mol. The van der Waals surface area contributed by atoms with Crippen LogP contribution in [-0.4, -0.2) is 42.3 Å². The van der Waals surface area contributed by atoms with E-state index in [4.69, 9.17) is 9.47 Å². The predicted molar refractivity (Wildman–Crippen MR) is 110 cm³/mol. The van der Waals surface area contributed by atoms with Crippen LogP contribution in [0.15, 0.2) is 48.5 Å². The molecule has 2 N–H and O–H groups in total. The fraction of sp³-hybridized carbons (Fsp3) is 0.200. The van der Waals surface area contributed by atoms with E-state index in [1.165, 1.54) is 18.4 Å². The number of methoxy groups -OCH3 is 2. The molecule has 0 aliphatic carbocycles. The topological polar surface area (TPSA) is 102 Å². The van der Waals surface area contributed by atoms with Crippen LogP contribution in [-0.2, 0) is 4.79 Å². The van der Waals surface area contributed by atoms with Gasteiger partial charge in [-0.2, -0.15) is 0 Å². The lowest BCUT2D eigenvalue weighted by molar-refractivity contribution is -0.117. The number of nitrogens with zero attached hydrogens (tertiary/aromatic N) is 2. The molecule has 0 aliphatic heterocycles. The van der Waals surface area contributed by atoms with Crippen LogP contribution in [0.2, 0.25) is 0 Å². The standard InChI is InChI=1S/C20H20N4O4S/c1-12(21-18(26)13-6-4-8-15(10-13)27-2)17(25)22-20-24-23-19(29-20)14-7-5-9-16(11-14)28-3/h4-12H,1-3H3,(H,21,26)(H,22,24,25). The van der Waals surface area contributed by atoms with Gasteiger partial charge in [-0.25, -0.2) is 0 Å². The van der Waals surface area contributed by atoms with Crippen molar-refractivity contribution in [3.8, 4) is 22.1 Å². The highest BCUT2D eigenvalue weighted by molar-refractivity contribution is 7.18. The van der Waals surface area contributed by atoms with Crippen molar-refractivity contribution in [2.75, 3.05) is 19.5 Å². The molecule has 150 valence electrons. The van der Waals surface area contributed by atoms with Crippen molar-refractivity contribution in [2.45, 2.75) is 13.0 Å². The normalized spacial score (nSPS) is 11.4. The highest BCUT2D eigenvalue weighted by Crippen LogP contribution is 2.28. The summed E-state index contributed by atoms with van der Waals surface area (Å²) in [6.45, 7) is 1.59. The Hall–Kier alpha value is -3.46. The fourth-order valence-electron chi connectivity index (χ4n) is 2.47. The molecule has 29 heavy (non-hydrogen) atoms. The molecule has 0 spiro atoms. The highest BCUT2D eigenvalue weighted by atomic mass is 32.1. The fourth-order valence-corrected chi connectivity index (χ4v) is 3.21. The Bertz CT molecular complexity index is 1020. The number of ether oxygens (including phenoxy) is 2. The second-order valence-corrected chi connectivity index (χ2v) is 7.04. The van der Waals surface area contributed by atoms with Gasteiger partial charge in [0.15, 0.2) is 0 Å². The Kier molecular flexibility index (Phi) is 6.40. The van der Waals surface area contributed by atoms with Crippen LogP contribution in [0.25, 0.3) is 10.6 Å². The maximum atomic E-state index is 12.4. The lowest BCUT2D eigenvalue weighted by atomic mass is 10.2. The van der Waals surface area contributed by atoms with E-state index in [1.807, 2.05) is 24.3 Å². The van der Waals surface area contributed by atoms with Gasteiger partial charge >= 0.3 is 0 Å². The number of amides is 2. The van der Waals surface area contributed by atoms with Gasteiger partial charge in [0.05, 0.1) is 14.2 Å². The minimum atomic E-state index is -0.766. The molecule has 2 amide bonds. The molecule has 3 aromatic rings. The van der Waals surface area contributed by atoms with Crippen LogP contribution in [0.4, 0.5) is 5.13 Å². The number of carbonyl (C=O) groups is 2. The number of benzene rings is 2. The monoisotopic (exact) mass is 412 g/mol. The summed E-state index contributed by atoms with van der Waals surface area (Å²) in [5.41, 5.74) is 1.24. The third-order valence-corrected chi connectivity index (χ3v) is 4.93. The summed E-state index contributed by atoms with van der Waals surface area (Å²) in [6, 6.07) is 13.3. The molecule has 0 fully saturated rings. The van der Waals surface area contributed by atoms with E-state index in [0.717, 1.165) is 5.56 Å². The number of anilines is 1. The van der Waals surface area contributed by atoms with E-state index in [9.17, 15) is 9.59 Å². The molecule has 3 rings (SSSR count). The Morgan fingerprint density at radius 3 is 2.41 bits per heavy atom. The summed E-state index contributed by atoms with van der Waals surface area (Å²) in [5, 5.41) is 14.4. The van der Waals surface area contributed by atoms with Gasteiger partial charge in [0.1, 0.15) is 22.5 Å². The molecule has 1 atom stereocenters. The van der Waals surface area contributed by atoms with Crippen molar-refractivity contribution < 1.29 is 19.1 Å². The van der Waals surface area contributed by atoms with Gasteiger partial charge in [-0.3, -0.25) is 14.9 Å². The van der Waals surface area contributed by atoms with E-state index in [-0.39, 0.29) is 5.91 Å². The Balaban J connectivity index is 1.62. The van der Waals surface area contributed by atoms with Crippen molar-refractivity contribution in [1.29, 1.82) is 0 Å². The lowest BCUT2D eigenvalue weighted by Gasteiger charge is -2.13. The van der Waals surface area contributed by atoms with Gasteiger partial charge in [-0.15, -0.1) is 10.2 Å². The van der Waals surface area contributed by atoms with Crippen LogP contribution in [0, 0.1) is 0 Å². The van der Waals surface area contributed by atoms with E-state index < -0.39 is 11.9 Å². The van der Waals surface area contributed by atoms with Gasteiger partial charge in [0.25, 0.3) is 5.91 Å². The zero-order valence-corrected chi connectivity index (χ0v) is 16.9. The van der Waals surface area contributed by atoms with Crippen LogP contribution in [0.1, 0.15) is 17.3 Å². The summed E-state index contributed by atoms with van der Waals surface area (Å²) in [7, 11) is 3.11. The number of rotatable bonds is 7. The maximum absolute atomic E-state index is 12.4. The Labute approximate surface area is 171 Å². The second-order valence-electron chi connectivity index (χ2n) is 6.06. The lowest BCUT2D eigenvalue weighted by Crippen LogP contribution is -2.41. The predicted octanol–water partition coefficient (Wildman–Crippen LogP) is 2.98. The summed E-state index contributed by atoms with van der Waals surface area (Å²) < 4.78 is 10.3. The summed E-state index contributed by atoms with van der Waals surface area (Å²) in [6.07, 6.45) is 0. The summed E-state index contributed by atoms with van der Waals surface area (Å²) in [5.74, 6) is 0.501. The smallest absolute Gasteiger partial charge is 0.252 e. The third kappa shape index (κ3) is 5.08. The molecule has 1 unspecified atom stereocenters. The minimum Gasteiger partial charge on any atom is -0.497 e. The number of hydrogen-bond donors (Lipinski definition) is 2. The van der Waals surface area contributed by atoms with Gasteiger partial charge in [0, 0.05) is 11.1 Å². The molecule has 8 nitrogen and oxygen atoms in total. The van der Waals surface area contributed by atoms with Gasteiger partial charge in [0.2, 0.25) is 11.0 Å². The van der Waals surface area contributed by atoms with Crippen molar-refractivity contribution >= 4 is 28.3 Å². The number of hydrogen-bond acceptors (Lipinski definition) is 7. The van der Waals surface area contributed by atoms with Gasteiger partial charge in [-0.1, -0.05) is 29.5 Å². The molecule has 9 heteroatoms. The summed E-state index contributed by atoms with van der Waals surface area (Å²) in [4.78, 5) is 24.8. The molecule has 0 radical (unpaired) electrons. The van der Waals surface area contributed by atoms with Crippen LogP contribution in [0.5, 0.6) is 11.5 Å². The molecule has 0 bridgehead atoms. The first kappa shape index (κ1) is 20.3. The van der Waals surface area contributed by atoms with Gasteiger partial charge in [-0.05, 0) is 37.3 Å². The first-order chi connectivity index (χ1) is 14.0. The number of carbonyl (C=O) groups excluding carboxylic acids is 2. The Morgan fingerprint density at radius 1 is 1.00 bits per heavy atom. The highest BCUT2D eigenvalue weighted by Gasteiger charge is 2.19. The minimum absolute atomic E-state index is 0.343. The van der Waals surface area contributed by atoms with Crippen LogP contribution in [0.3, 0.4) is 0 Å². The van der Waals surface area contributed by atoms with E-state index >= 15 is 0 Å². The van der Waals surface area contributed by atoms with Crippen molar-refractivity contribution in [2.24, 2.45) is 0 Å². The molecule has 0 saturated heterocycles. The van der Waals surface area contributed by atoms with Crippen molar-refractivity contribution in [1.82, 2.24) is 15.5 Å². The first-order valence-corrected chi connectivity index (χ1v) is 9.55. The molecule has 2 aromatic carbocycles. The molecule has 1 heterocycles. The van der Waals surface area contributed by atoms with E-state index in [0.29, 0.717) is 27.2 Å². The Morgan fingerprint density at radius 2 is 1.69 bits per heavy atom. The number of nitrogens with one attached hydrogen (secondary N) is 2. The number of aromatic nitrogens is 2. The van der Waals surface area contributed by atoms with E-state index in [1.54, 1.807) is 38.3 Å². The second kappa shape index (κ2) is 9.16. The van der Waals surface area contributed by atoms with Crippen LogP contribution < -0.4 is 20.1 Å². The summed E-state index contributed by atoms with van der Waals surface area (Å²) >= 11 is 1.23.